The molecular formula is C35H23N3. The minimum atomic E-state index is 0.703. The molecule has 0 atom stereocenters. The van der Waals surface area contributed by atoms with Crippen molar-refractivity contribution in [3.8, 4) is 45.0 Å². The highest BCUT2D eigenvalue weighted by Gasteiger charge is 2.14. The highest BCUT2D eigenvalue weighted by atomic mass is 14.9. The first-order valence-electron chi connectivity index (χ1n) is 12.7. The van der Waals surface area contributed by atoms with Gasteiger partial charge in [0.15, 0.2) is 5.82 Å². The van der Waals surface area contributed by atoms with Gasteiger partial charge in [0.1, 0.15) is 0 Å². The summed E-state index contributed by atoms with van der Waals surface area (Å²) < 4.78 is 0. The molecule has 7 rings (SSSR count). The molecule has 7 aromatic rings. The first-order valence-corrected chi connectivity index (χ1v) is 12.7. The molecule has 5 aromatic carbocycles. The van der Waals surface area contributed by atoms with E-state index in [0.29, 0.717) is 5.82 Å². The molecule has 2 heterocycles. The summed E-state index contributed by atoms with van der Waals surface area (Å²) in [5.41, 5.74) is 7.20. The maximum absolute atomic E-state index is 5.14. The number of fused-ring (bicyclic) bond motifs is 2. The van der Waals surface area contributed by atoms with Gasteiger partial charge in [-0.25, -0.2) is 9.97 Å². The Morgan fingerprint density at radius 2 is 0.921 bits per heavy atom. The summed E-state index contributed by atoms with van der Waals surface area (Å²) in [7, 11) is 0. The summed E-state index contributed by atoms with van der Waals surface area (Å²) in [6.45, 7) is 0. The SMILES string of the molecule is c1cc(-c2ccncc2)cc(-c2nc(-c3cccc4ccccc34)cc(-c3cccc4ccccc34)n2)c1. The molecule has 0 spiro atoms. The van der Waals surface area contributed by atoms with Crippen molar-refractivity contribution in [3.05, 3.63) is 140 Å². The average Bonchev–Trinajstić information content (AvgIpc) is 3.01. The second-order valence-corrected chi connectivity index (χ2v) is 9.33. The minimum Gasteiger partial charge on any atom is -0.265 e. The Labute approximate surface area is 221 Å². The fraction of sp³-hybridized carbons (Fsp3) is 0. The lowest BCUT2D eigenvalue weighted by Gasteiger charge is -2.13. The van der Waals surface area contributed by atoms with Crippen LogP contribution in [0.25, 0.3) is 66.6 Å². The topological polar surface area (TPSA) is 38.7 Å². The number of benzene rings is 5. The van der Waals surface area contributed by atoms with Crippen LogP contribution >= 0.6 is 0 Å². The predicted octanol–water partition coefficient (Wildman–Crippen LogP) is 8.85. The molecule has 0 aliphatic carbocycles. The summed E-state index contributed by atoms with van der Waals surface area (Å²) in [6, 6.07) is 44.3. The van der Waals surface area contributed by atoms with E-state index < -0.39 is 0 Å². The molecular weight excluding hydrogens is 462 g/mol. The second-order valence-electron chi connectivity index (χ2n) is 9.33. The summed E-state index contributed by atoms with van der Waals surface area (Å²) in [4.78, 5) is 14.4. The van der Waals surface area contributed by atoms with E-state index in [1.807, 2.05) is 24.5 Å². The van der Waals surface area contributed by atoms with Gasteiger partial charge in [-0.15, -0.1) is 0 Å². The standard InChI is InChI=1S/C35H23N3/c1-3-14-29-25(8-1)10-6-16-31(29)33-23-34(32-17-7-11-26-9-2-4-15-30(26)32)38-35(37-33)28-13-5-12-27(22-28)24-18-20-36-21-19-24/h1-23H. The molecule has 0 radical (unpaired) electrons. The number of hydrogen-bond acceptors (Lipinski definition) is 3. The highest BCUT2D eigenvalue weighted by molar-refractivity contribution is 5.99. The molecule has 0 aliphatic rings. The van der Waals surface area contributed by atoms with Crippen molar-refractivity contribution in [1.82, 2.24) is 15.0 Å². The van der Waals surface area contributed by atoms with Crippen molar-refractivity contribution < 1.29 is 0 Å². The lowest BCUT2D eigenvalue weighted by molar-refractivity contribution is 1.19. The van der Waals surface area contributed by atoms with Crippen molar-refractivity contribution in [3.63, 3.8) is 0 Å². The molecule has 38 heavy (non-hydrogen) atoms. The second kappa shape index (κ2) is 9.38. The van der Waals surface area contributed by atoms with E-state index in [0.717, 1.165) is 39.2 Å². The predicted molar refractivity (Wildman–Crippen MR) is 157 cm³/mol. The number of pyridine rings is 1. The van der Waals surface area contributed by atoms with E-state index in [9.17, 15) is 0 Å². The van der Waals surface area contributed by atoms with Gasteiger partial charge in [0, 0.05) is 29.1 Å². The summed E-state index contributed by atoms with van der Waals surface area (Å²) in [5.74, 6) is 0.703. The van der Waals surface area contributed by atoms with Crippen molar-refractivity contribution in [2.75, 3.05) is 0 Å². The van der Waals surface area contributed by atoms with E-state index in [1.165, 1.54) is 21.5 Å². The summed E-state index contributed by atoms with van der Waals surface area (Å²) >= 11 is 0. The van der Waals surface area contributed by atoms with Gasteiger partial charge in [0.25, 0.3) is 0 Å². The molecule has 3 nitrogen and oxygen atoms in total. The van der Waals surface area contributed by atoms with Gasteiger partial charge in [-0.05, 0) is 56.9 Å². The van der Waals surface area contributed by atoms with E-state index in [2.05, 4.69) is 120 Å². The van der Waals surface area contributed by atoms with Gasteiger partial charge < -0.3 is 0 Å². The van der Waals surface area contributed by atoms with E-state index >= 15 is 0 Å². The van der Waals surface area contributed by atoms with Crippen LogP contribution in [-0.2, 0) is 0 Å². The number of aromatic nitrogens is 3. The lowest BCUT2D eigenvalue weighted by atomic mass is 9.98. The molecule has 0 fully saturated rings. The third-order valence-corrected chi connectivity index (χ3v) is 6.99. The van der Waals surface area contributed by atoms with Crippen LogP contribution in [0.15, 0.2) is 140 Å². The molecule has 0 saturated carbocycles. The molecule has 0 N–H and O–H groups in total. The van der Waals surface area contributed by atoms with Crippen LogP contribution in [0.1, 0.15) is 0 Å². The van der Waals surface area contributed by atoms with Gasteiger partial charge in [-0.2, -0.15) is 0 Å². The Bertz CT molecular complexity index is 1820. The fourth-order valence-electron chi connectivity index (χ4n) is 5.13. The molecule has 178 valence electrons. The van der Waals surface area contributed by atoms with Crippen LogP contribution in [0.2, 0.25) is 0 Å². The van der Waals surface area contributed by atoms with Crippen LogP contribution in [0.5, 0.6) is 0 Å². The zero-order chi connectivity index (χ0) is 25.3. The van der Waals surface area contributed by atoms with Crippen molar-refractivity contribution in [2.45, 2.75) is 0 Å². The largest absolute Gasteiger partial charge is 0.265 e. The maximum atomic E-state index is 5.14. The molecule has 2 aromatic heterocycles. The van der Waals surface area contributed by atoms with Gasteiger partial charge in [-0.3, -0.25) is 4.98 Å². The normalized spacial score (nSPS) is 11.2. The van der Waals surface area contributed by atoms with Gasteiger partial charge >= 0.3 is 0 Å². The number of hydrogen-bond donors (Lipinski definition) is 0. The van der Waals surface area contributed by atoms with Crippen molar-refractivity contribution >= 4 is 21.5 Å². The van der Waals surface area contributed by atoms with E-state index in [1.54, 1.807) is 0 Å². The zero-order valence-corrected chi connectivity index (χ0v) is 20.6. The Morgan fingerprint density at radius 3 is 1.55 bits per heavy atom. The van der Waals surface area contributed by atoms with Gasteiger partial charge in [0.2, 0.25) is 0 Å². The zero-order valence-electron chi connectivity index (χ0n) is 20.6. The smallest absolute Gasteiger partial charge is 0.160 e. The molecule has 3 heteroatoms. The highest BCUT2D eigenvalue weighted by Crippen LogP contribution is 2.35. The van der Waals surface area contributed by atoms with Crippen LogP contribution in [-0.4, -0.2) is 15.0 Å². The Morgan fingerprint density at radius 1 is 0.395 bits per heavy atom. The van der Waals surface area contributed by atoms with E-state index in [-0.39, 0.29) is 0 Å². The number of rotatable bonds is 4. The third-order valence-electron chi connectivity index (χ3n) is 6.99. The molecule has 0 unspecified atom stereocenters. The molecule has 0 bridgehead atoms. The third kappa shape index (κ3) is 4.00. The Balaban J connectivity index is 1.48. The molecule has 0 aliphatic heterocycles. The van der Waals surface area contributed by atoms with E-state index in [4.69, 9.17) is 9.97 Å². The van der Waals surface area contributed by atoms with Crippen molar-refractivity contribution in [2.24, 2.45) is 0 Å². The molecule has 0 amide bonds. The average molecular weight is 486 g/mol. The van der Waals surface area contributed by atoms with Crippen LogP contribution in [0.3, 0.4) is 0 Å². The first-order chi connectivity index (χ1) is 18.8. The minimum absolute atomic E-state index is 0.703. The van der Waals surface area contributed by atoms with Crippen LogP contribution in [0, 0.1) is 0 Å². The summed E-state index contributed by atoms with van der Waals surface area (Å²) in [5, 5.41) is 4.73. The monoisotopic (exact) mass is 485 g/mol. The fourth-order valence-corrected chi connectivity index (χ4v) is 5.13. The van der Waals surface area contributed by atoms with Gasteiger partial charge in [-0.1, -0.05) is 103 Å². The van der Waals surface area contributed by atoms with Gasteiger partial charge in [0.05, 0.1) is 11.4 Å². The van der Waals surface area contributed by atoms with Crippen LogP contribution in [0.4, 0.5) is 0 Å². The quantitative estimate of drug-likeness (QED) is 0.250. The Kier molecular flexibility index (Phi) is 5.45. The number of nitrogens with zero attached hydrogens (tertiary/aromatic N) is 3. The Hall–Kier alpha value is -5.15. The summed E-state index contributed by atoms with van der Waals surface area (Å²) in [6.07, 6.45) is 3.64. The van der Waals surface area contributed by atoms with Crippen molar-refractivity contribution in [1.29, 1.82) is 0 Å². The lowest BCUT2D eigenvalue weighted by Crippen LogP contribution is -1.97. The first kappa shape index (κ1) is 22.1. The molecule has 0 saturated heterocycles. The van der Waals surface area contributed by atoms with Crippen LogP contribution < -0.4 is 0 Å². The maximum Gasteiger partial charge on any atom is 0.160 e.